The molecule has 0 saturated carbocycles. The molecule has 24 heavy (non-hydrogen) atoms. The maximum absolute atomic E-state index is 12.3. The van der Waals surface area contributed by atoms with Gasteiger partial charge >= 0.3 is 12.0 Å². The van der Waals surface area contributed by atoms with Gasteiger partial charge in [-0.3, -0.25) is 14.2 Å². The maximum Gasteiger partial charge on any atom is 0.355 e. The topological polar surface area (TPSA) is 111 Å². The van der Waals surface area contributed by atoms with E-state index in [-0.39, 0.29) is 17.5 Å². The highest BCUT2D eigenvalue weighted by molar-refractivity contribution is 6.20. The minimum atomic E-state index is -1.01. The van der Waals surface area contributed by atoms with Crippen molar-refractivity contribution in [1.82, 2.24) is 19.9 Å². The summed E-state index contributed by atoms with van der Waals surface area (Å²) in [7, 11) is 0. The van der Waals surface area contributed by atoms with E-state index in [0.717, 1.165) is 0 Å². The Balaban J connectivity index is 1.53. The number of hydrogen-bond acceptors (Lipinski definition) is 6. The fourth-order valence-electron chi connectivity index (χ4n) is 2.68. The number of aromatic nitrogens is 2. The fourth-order valence-corrected chi connectivity index (χ4v) is 2.68. The summed E-state index contributed by atoms with van der Waals surface area (Å²) in [5, 5.41) is 2.87. The highest BCUT2D eigenvalue weighted by atomic mass is 16.7. The zero-order chi connectivity index (χ0) is 16.8. The minimum Gasteiger partial charge on any atom is -0.327 e. The number of nitrogens with one attached hydrogen (secondary N) is 1. The van der Waals surface area contributed by atoms with Crippen molar-refractivity contribution in [3.63, 3.8) is 0 Å². The number of benzene rings is 1. The second-order valence-electron chi connectivity index (χ2n) is 5.32. The number of carbonyl (C=O) groups excluding carboxylic acids is 4. The molecule has 120 valence electrons. The molecule has 1 aromatic heterocycles. The van der Waals surface area contributed by atoms with Crippen LogP contribution >= 0.6 is 0 Å². The van der Waals surface area contributed by atoms with Crippen LogP contribution in [0.1, 0.15) is 26.4 Å². The van der Waals surface area contributed by atoms with Gasteiger partial charge in [-0.25, -0.2) is 14.6 Å². The number of rotatable bonds is 2. The molecule has 0 aliphatic carbocycles. The molecule has 1 aromatic carbocycles. The molecule has 1 atom stereocenters. The highest BCUT2D eigenvalue weighted by Crippen LogP contribution is 2.23. The summed E-state index contributed by atoms with van der Waals surface area (Å²) < 4.78 is 1.27. The molecule has 0 bridgehead atoms. The Morgan fingerprint density at radius 2 is 1.83 bits per heavy atom. The molecule has 3 amide bonds. The van der Waals surface area contributed by atoms with Gasteiger partial charge in [-0.05, 0) is 12.1 Å². The maximum atomic E-state index is 12.3. The predicted molar refractivity (Wildman–Crippen MR) is 76.7 cm³/mol. The molecule has 3 heterocycles. The number of fused-ring (bicyclic) bond motifs is 2. The zero-order valence-corrected chi connectivity index (χ0v) is 12.1. The Bertz CT molecular complexity index is 868. The lowest BCUT2D eigenvalue weighted by Crippen LogP contribution is -2.51. The van der Waals surface area contributed by atoms with Crippen molar-refractivity contribution in [2.45, 2.75) is 12.5 Å². The molecule has 0 unspecified atom stereocenters. The van der Waals surface area contributed by atoms with Crippen LogP contribution in [0.2, 0.25) is 0 Å². The number of imidazole rings is 1. The summed E-state index contributed by atoms with van der Waals surface area (Å²) in [5.74, 6) is -2.32. The van der Waals surface area contributed by atoms with Crippen LogP contribution in [0.25, 0.3) is 0 Å². The van der Waals surface area contributed by atoms with E-state index in [0.29, 0.717) is 10.8 Å². The number of hydroxylamine groups is 2. The predicted octanol–water partition coefficient (Wildman–Crippen LogP) is 0.120. The summed E-state index contributed by atoms with van der Waals surface area (Å²) in [5.41, 5.74) is 0.866. The van der Waals surface area contributed by atoms with Gasteiger partial charge < -0.3 is 10.2 Å². The normalized spacial score (nSPS) is 18.9. The van der Waals surface area contributed by atoms with Crippen LogP contribution in [0.15, 0.2) is 36.8 Å². The SMILES string of the molecule is O=C(ON1C(=O)c2ccccc2C1=O)[C@@H]1Cc2cncn2C(=O)N1. The Morgan fingerprint density at radius 1 is 1.17 bits per heavy atom. The number of hydrogen-bond donors (Lipinski definition) is 1. The second kappa shape index (κ2) is 5.01. The molecule has 0 radical (unpaired) electrons. The molecule has 0 spiro atoms. The monoisotopic (exact) mass is 326 g/mol. The second-order valence-corrected chi connectivity index (χ2v) is 5.32. The van der Waals surface area contributed by atoms with Crippen molar-refractivity contribution >= 4 is 23.8 Å². The average molecular weight is 326 g/mol. The number of imide groups is 1. The Hall–Kier alpha value is -3.49. The standard InChI is InChI=1S/C15H10N4O5/c20-12-9-3-1-2-4-10(9)13(21)19(12)24-14(22)11-5-8-6-16-7-18(8)15(23)17-11/h1-4,6-7,11H,5H2,(H,17,23)/t11-/m0/s1. The van der Waals surface area contributed by atoms with Gasteiger partial charge in [0.25, 0.3) is 11.8 Å². The van der Waals surface area contributed by atoms with E-state index < -0.39 is 29.9 Å². The Kier molecular flexibility index (Phi) is 2.95. The van der Waals surface area contributed by atoms with Crippen molar-refractivity contribution in [1.29, 1.82) is 0 Å². The van der Waals surface area contributed by atoms with Crippen molar-refractivity contribution in [2.75, 3.05) is 0 Å². The van der Waals surface area contributed by atoms with Gasteiger partial charge in [0.1, 0.15) is 12.4 Å². The van der Waals surface area contributed by atoms with E-state index in [1.165, 1.54) is 29.2 Å². The third kappa shape index (κ3) is 1.98. The van der Waals surface area contributed by atoms with Crippen LogP contribution in [0.5, 0.6) is 0 Å². The molecule has 0 saturated heterocycles. The minimum absolute atomic E-state index is 0.147. The highest BCUT2D eigenvalue weighted by Gasteiger charge is 2.40. The fraction of sp³-hybridized carbons (Fsp3) is 0.133. The van der Waals surface area contributed by atoms with E-state index in [2.05, 4.69) is 10.3 Å². The number of carbonyl (C=O) groups is 4. The Morgan fingerprint density at radius 3 is 2.50 bits per heavy atom. The van der Waals surface area contributed by atoms with Gasteiger partial charge in [-0.2, -0.15) is 0 Å². The van der Waals surface area contributed by atoms with Crippen LogP contribution in [-0.4, -0.2) is 44.5 Å². The summed E-state index contributed by atoms with van der Waals surface area (Å²) >= 11 is 0. The average Bonchev–Trinajstić information content (AvgIpc) is 3.15. The van der Waals surface area contributed by atoms with E-state index in [4.69, 9.17) is 4.84 Å². The van der Waals surface area contributed by atoms with Gasteiger partial charge in [0.05, 0.1) is 11.1 Å². The first-order valence-corrected chi connectivity index (χ1v) is 7.08. The van der Waals surface area contributed by atoms with Gasteiger partial charge in [0.2, 0.25) is 0 Å². The van der Waals surface area contributed by atoms with E-state index >= 15 is 0 Å². The van der Waals surface area contributed by atoms with Crippen molar-refractivity contribution < 1.29 is 24.0 Å². The van der Waals surface area contributed by atoms with Crippen LogP contribution in [0.4, 0.5) is 4.79 Å². The first-order valence-electron chi connectivity index (χ1n) is 7.08. The largest absolute Gasteiger partial charge is 0.355 e. The molecule has 0 fully saturated rings. The molecule has 1 N–H and O–H groups in total. The number of nitrogens with zero attached hydrogens (tertiary/aromatic N) is 3. The molecule has 2 aromatic rings. The molecular formula is C15H10N4O5. The molecule has 2 aliphatic rings. The van der Waals surface area contributed by atoms with Gasteiger partial charge in [-0.15, -0.1) is 0 Å². The smallest absolute Gasteiger partial charge is 0.327 e. The van der Waals surface area contributed by atoms with Gasteiger partial charge in [0, 0.05) is 18.3 Å². The first kappa shape index (κ1) is 14.1. The molecule has 2 aliphatic heterocycles. The van der Waals surface area contributed by atoms with Gasteiger partial charge in [0.15, 0.2) is 0 Å². The van der Waals surface area contributed by atoms with Crippen LogP contribution in [0, 0.1) is 0 Å². The van der Waals surface area contributed by atoms with Crippen molar-refractivity contribution in [2.24, 2.45) is 0 Å². The first-order chi connectivity index (χ1) is 11.6. The lowest BCUT2D eigenvalue weighted by atomic mass is 10.1. The Labute approximate surface area is 134 Å². The van der Waals surface area contributed by atoms with E-state index in [1.807, 2.05) is 0 Å². The van der Waals surface area contributed by atoms with Crippen LogP contribution in [-0.2, 0) is 16.1 Å². The van der Waals surface area contributed by atoms with Crippen molar-refractivity contribution in [3.8, 4) is 0 Å². The quantitative estimate of drug-likeness (QED) is 0.785. The molecule has 4 rings (SSSR count). The molecule has 9 heteroatoms. The summed E-state index contributed by atoms with van der Waals surface area (Å²) in [6, 6.07) is 4.63. The molecule has 9 nitrogen and oxygen atoms in total. The summed E-state index contributed by atoms with van der Waals surface area (Å²) in [6.07, 6.45) is 2.94. The van der Waals surface area contributed by atoms with E-state index in [9.17, 15) is 19.2 Å². The van der Waals surface area contributed by atoms with Crippen LogP contribution < -0.4 is 5.32 Å². The third-order valence-corrected chi connectivity index (χ3v) is 3.87. The summed E-state index contributed by atoms with van der Waals surface area (Å²) in [6.45, 7) is 0. The lowest BCUT2D eigenvalue weighted by molar-refractivity contribution is -0.171. The lowest BCUT2D eigenvalue weighted by Gasteiger charge is -2.24. The van der Waals surface area contributed by atoms with Crippen molar-refractivity contribution in [3.05, 3.63) is 53.6 Å². The van der Waals surface area contributed by atoms with Gasteiger partial charge in [-0.1, -0.05) is 17.2 Å². The molecular weight excluding hydrogens is 316 g/mol. The third-order valence-electron chi connectivity index (χ3n) is 3.87. The van der Waals surface area contributed by atoms with Crippen LogP contribution in [0.3, 0.4) is 0 Å². The zero-order valence-electron chi connectivity index (χ0n) is 12.1. The summed E-state index contributed by atoms with van der Waals surface area (Å²) in [4.78, 5) is 57.3. The van der Waals surface area contributed by atoms with E-state index in [1.54, 1.807) is 12.1 Å². The number of amides is 3.